The van der Waals surface area contributed by atoms with Crippen molar-refractivity contribution >= 4 is 11.9 Å². The van der Waals surface area contributed by atoms with Crippen molar-refractivity contribution < 1.29 is 14.7 Å². The van der Waals surface area contributed by atoms with E-state index < -0.39 is 5.97 Å². The summed E-state index contributed by atoms with van der Waals surface area (Å²) < 4.78 is 0. The third kappa shape index (κ3) is 2.05. The molecule has 0 saturated heterocycles. The molecule has 1 rings (SSSR count). The zero-order valence-corrected chi connectivity index (χ0v) is 7.10. The number of aliphatic carboxylic acids is 1. The van der Waals surface area contributed by atoms with Crippen LogP contribution in [0.2, 0.25) is 0 Å². The standard InChI is InChI=1S/C9H9NO3/c1-7(11)10-6-4-2-3-5-8(10)9(12)13/h2-6H,1H3,(H,12,13). The average Bonchev–Trinajstić information content (AvgIpc) is 2.27. The first-order valence-electron chi connectivity index (χ1n) is 3.71. The summed E-state index contributed by atoms with van der Waals surface area (Å²) >= 11 is 0. The molecule has 0 aliphatic carbocycles. The summed E-state index contributed by atoms with van der Waals surface area (Å²) in [5, 5.41) is 8.75. The zero-order chi connectivity index (χ0) is 9.84. The van der Waals surface area contributed by atoms with Crippen molar-refractivity contribution in [3.8, 4) is 0 Å². The summed E-state index contributed by atoms with van der Waals surface area (Å²) in [7, 11) is 0. The number of rotatable bonds is 1. The van der Waals surface area contributed by atoms with Gasteiger partial charge in [0.25, 0.3) is 0 Å². The van der Waals surface area contributed by atoms with E-state index in [1.54, 1.807) is 18.2 Å². The average molecular weight is 179 g/mol. The Labute approximate surface area is 75.5 Å². The van der Waals surface area contributed by atoms with Crippen LogP contribution in [0.1, 0.15) is 6.92 Å². The highest BCUT2D eigenvalue weighted by Crippen LogP contribution is 2.09. The highest BCUT2D eigenvalue weighted by molar-refractivity contribution is 5.93. The summed E-state index contributed by atoms with van der Waals surface area (Å²) in [6.45, 7) is 1.31. The Kier molecular flexibility index (Phi) is 2.64. The number of carbonyl (C=O) groups excluding carboxylic acids is 1. The molecule has 0 aromatic rings. The van der Waals surface area contributed by atoms with E-state index in [-0.39, 0.29) is 11.6 Å². The van der Waals surface area contributed by atoms with Crippen LogP contribution in [0.3, 0.4) is 0 Å². The Morgan fingerprint density at radius 3 is 2.54 bits per heavy atom. The molecule has 1 heterocycles. The van der Waals surface area contributed by atoms with Crippen LogP contribution in [0.4, 0.5) is 0 Å². The molecule has 4 heteroatoms. The quantitative estimate of drug-likeness (QED) is 0.650. The Morgan fingerprint density at radius 1 is 1.31 bits per heavy atom. The third-order valence-corrected chi connectivity index (χ3v) is 1.53. The van der Waals surface area contributed by atoms with Gasteiger partial charge >= 0.3 is 5.97 Å². The van der Waals surface area contributed by atoms with E-state index in [1.807, 2.05) is 0 Å². The van der Waals surface area contributed by atoms with Crippen LogP contribution in [0, 0.1) is 0 Å². The second-order valence-corrected chi connectivity index (χ2v) is 2.47. The highest BCUT2D eigenvalue weighted by atomic mass is 16.4. The lowest BCUT2D eigenvalue weighted by atomic mass is 10.3. The van der Waals surface area contributed by atoms with Gasteiger partial charge in [-0.3, -0.25) is 9.69 Å². The summed E-state index contributed by atoms with van der Waals surface area (Å²) in [4.78, 5) is 22.8. The molecule has 1 amide bonds. The van der Waals surface area contributed by atoms with E-state index in [2.05, 4.69) is 0 Å². The normalized spacial score (nSPS) is 15.2. The molecular formula is C9H9NO3. The van der Waals surface area contributed by atoms with E-state index in [0.29, 0.717) is 0 Å². The third-order valence-electron chi connectivity index (χ3n) is 1.53. The highest BCUT2D eigenvalue weighted by Gasteiger charge is 2.17. The first-order chi connectivity index (χ1) is 6.13. The van der Waals surface area contributed by atoms with E-state index in [1.165, 1.54) is 19.2 Å². The van der Waals surface area contributed by atoms with Crippen LogP contribution in [-0.4, -0.2) is 21.9 Å². The molecule has 0 atom stereocenters. The van der Waals surface area contributed by atoms with Crippen LogP contribution in [-0.2, 0) is 9.59 Å². The predicted molar refractivity (Wildman–Crippen MR) is 46.5 cm³/mol. The number of carbonyl (C=O) groups is 2. The minimum Gasteiger partial charge on any atom is -0.477 e. The number of hydrogen-bond donors (Lipinski definition) is 1. The number of nitrogens with zero attached hydrogens (tertiary/aromatic N) is 1. The van der Waals surface area contributed by atoms with Crippen LogP contribution in [0.25, 0.3) is 0 Å². The van der Waals surface area contributed by atoms with Crippen molar-refractivity contribution in [3.63, 3.8) is 0 Å². The minimum atomic E-state index is -1.12. The molecule has 1 aliphatic rings. The van der Waals surface area contributed by atoms with Crippen molar-refractivity contribution in [3.05, 3.63) is 36.2 Å². The molecule has 0 unspecified atom stereocenters. The van der Waals surface area contributed by atoms with Crippen LogP contribution in [0.15, 0.2) is 36.2 Å². The van der Waals surface area contributed by atoms with Gasteiger partial charge in [0, 0.05) is 13.1 Å². The molecule has 13 heavy (non-hydrogen) atoms. The van der Waals surface area contributed by atoms with Gasteiger partial charge in [0.05, 0.1) is 0 Å². The van der Waals surface area contributed by atoms with Gasteiger partial charge in [-0.05, 0) is 12.2 Å². The lowest BCUT2D eigenvalue weighted by Crippen LogP contribution is -2.26. The fraction of sp³-hybridized carbons (Fsp3) is 0.111. The molecule has 1 aliphatic heterocycles. The van der Waals surface area contributed by atoms with E-state index in [4.69, 9.17) is 5.11 Å². The molecule has 0 bridgehead atoms. The maximum Gasteiger partial charge on any atom is 0.352 e. The van der Waals surface area contributed by atoms with E-state index in [0.717, 1.165) is 4.90 Å². The maximum absolute atomic E-state index is 11.0. The molecule has 68 valence electrons. The van der Waals surface area contributed by atoms with Crippen molar-refractivity contribution in [1.29, 1.82) is 0 Å². The number of amides is 1. The van der Waals surface area contributed by atoms with Crippen LogP contribution < -0.4 is 0 Å². The molecule has 0 aromatic carbocycles. The van der Waals surface area contributed by atoms with Crippen LogP contribution >= 0.6 is 0 Å². The van der Waals surface area contributed by atoms with Crippen LogP contribution in [0.5, 0.6) is 0 Å². The summed E-state index contributed by atoms with van der Waals surface area (Å²) in [6, 6.07) is 0. The van der Waals surface area contributed by atoms with Gasteiger partial charge in [-0.15, -0.1) is 0 Å². The Balaban J connectivity index is 3.05. The van der Waals surface area contributed by atoms with Crippen molar-refractivity contribution in [2.75, 3.05) is 0 Å². The molecular weight excluding hydrogens is 170 g/mol. The van der Waals surface area contributed by atoms with Gasteiger partial charge < -0.3 is 5.11 Å². The van der Waals surface area contributed by atoms with Crippen molar-refractivity contribution in [2.45, 2.75) is 6.92 Å². The van der Waals surface area contributed by atoms with E-state index in [9.17, 15) is 9.59 Å². The molecule has 1 N–H and O–H groups in total. The Morgan fingerprint density at radius 2 is 2.00 bits per heavy atom. The van der Waals surface area contributed by atoms with Gasteiger partial charge in [0.15, 0.2) is 0 Å². The van der Waals surface area contributed by atoms with Gasteiger partial charge in [-0.2, -0.15) is 0 Å². The zero-order valence-electron chi connectivity index (χ0n) is 7.10. The van der Waals surface area contributed by atoms with Gasteiger partial charge in [-0.1, -0.05) is 12.2 Å². The maximum atomic E-state index is 11.0. The number of hydrogen-bond acceptors (Lipinski definition) is 2. The fourth-order valence-electron chi connectivity index (χ4n) is 0.956. The first kappa shape index (κ1) is 9.25. The Bertz CT molecular complexity index is 326. The monoisotopic (exact) mass is 179 g/mol. The number of allylic oxidation sites excluding steroid dienone is 4. The first-order valence-corrected chi connectivity index (χ1v) is 3.71. The molecule has 4 nitrogen and oxygen atoms in total. The number of carboxylic acid groups (broad SMARTS) is 1. The summed E-state index contributed by atoms with van der Waals surface area (Å²) in [6.07, 6.45) is 7.64. The second-order valence-electron chi connectivity index (χ2n) is 2.47. The topological polar surface area (TPSA) is 57.6 Å². The lowest BCUT2D eigenvalue weighted by molar-refractivity contribution is -0.137. The van der Waals surface area contributed by atoms with Gasteiger partial charge in [-0.25, -0.2) is 4.79 Å². The minimum absolute atomic E-state index is 0.0440. The molecule has 0 saturated carbocycles. The van der Waals surface area contributed by atoms with Crippen molar-refractivity contribution in [2.24, 2.45) is 0 Å². The molecule has 0 aromatic heterocycles. The molecule has 0 spiro atoms. The number of carboxylic acids is 1. The van der Waals surface area contributed by atoms with Gasteiger partial charge in [0.2, 0.25) is 5.91 Å². The largest absolute Gasteiger partial charge is 0.477 e. The summed E-state index contributed by atoms with van der Waals surface area (Å²) in [5.41, 5.74) is -0.0440. The van der Waals surface area contributed by atoms with Crippen molar-refractivity contribution in [1.82, 2.24) is 4.90 Å². The summed E-state index contributed by atoms with van der Waals surface area (Å²) in [5.74, 6) is -1.44. The lowest BCUT2D eigenvalue weighted by Gasteiger charge is -2.15. The van der Waals surface area contributed by atoms with Gasteiger partial charge in [0.1, 0.15) is 5.70 Å². The second kappa shape index (κ2) is 3.71. The molecule has 0 fully saturated rings. The Hall–Kier alpha value is -1.84. The van der Waals surface area contributed by atoms with E-state index >= 15 is 0 Å². The fourth-order valence-corrected chi connectivity index (χ4v) is 0.956. The molecule has 0 radical (unpaired) electrons. The predicted octanol–water partition coefficient (Wildman–Crippen LogP) is 0.887. The SMILES string of the molecule is CC(=O)N1C=CC=CC=C1C(=O)O. The smallest absolute Gasteiger partial charge is 0.352 e.